The smallest absolute Gasteiger partial charge is 0.0461 e. The van der Waals surface area contributed by atoms with Gasteiger partial charge in [-0.2, -0.15) is 0 Å². The van der Waals surface area contributed by atoms with Crippen LogP contribution in [-0.4, -0.2) is 18.1 Å². The summed E-state index contributed by atoms with van der Waals surface area (Å²) in [5.74, 6) is 0. The second kappa shape index (κ2) is 3.55. The Bertz CT molecular complexity index is 508. The number of fused-ring (bicyclic) bond motifs is 3. The lowest BCUT2D eigenvalue weighted by Gasteiger charge is -2.06. The highest BCUT2D eigenvalue weighted by Gasteiger charge is 2.09. The van der Waals surface area contributed by atoms with Gasteiger partial charge in [0, 0.05) is 23.1 Å². The van der Waals surface area contributed by atoms with Gasteiger partial charge >= 0.3 is 0 Å². The third kappa shape index (κ3) is 1.47. The van der Waals surface area contributed by atoms with Crippen molar-refractivity contribution in [2.24, 2.45) is 0 Å². The fourth-order valence-corrected chi connectivity index (χ4v) is 2.21. The maximum atomic E-state index is 3.47. The van der Waals surface area contributed by atoms with Crippen molar-refractivity contribution in [2.45, 2.75) is 6.42 Å². The second-order valence-electron chi connectivity index (χ2n) is 3.92. The zero-order valence-corrected chi connectivity index (χ0v) is 8.59. The van der Waals surface area contributed by atoms with Crippen LogP contribution in [0.5, 0.6) is 0 Å². The summed E-state index contributed by atoms with van der Waals surface area (Å²) in [6, 6.07) is 8.52. The molecule has 0 spiro atoms. The van der Waals surface area contributed by atoms with E-state index < -0.39 is 0 Å². The van der Waals surface area contributed by atoms with Crippen LogP contribution < -0.4 is 5.32 Å². The van der Waals surface area contributed by atoms with Gasteiger partial charge in [0.05, 0.1) is 0 Å². The molecule has 0 saturated carbocycles. The first-order valence-corrected chi connectivity index (χ1v) is 5.42. The number of para-hydroxylation sites is 1. The molecule has 2 heteroatoms. The summed E-state index contributed by atoms with van der Waals surface area (Å²) in [4.78, 5) is 3.47. The van der Waals surface area contributed by atoms with E-state index in [1.165, 1.54) is 22.2 Å². The van der Waals surface area contributed by atoms with E-state index in [-0.39, 0.29) is 0 Å². The van der Waals surface area contributed by atoms with E-state index in [0.29, 0.717) is 0 Å². The summed E-state index contributed by atoms with van der Waals surface area (Å²) < 4.78 is 0. The van der Waals surface area contributed by atoms with Gasteiger partial charge < -0.3 is 10.3 Å². The summed E-state index contributed by atoms with van der Waals surface area (Å²) in [7, 11) is 0. The van der Waals surface area contributed by atoms with Crippen molar-refractivity contribution in [2.75, 3.05) is 13.1 Å². The summed E-state index contributed by atoms with van der Waals surface area (Å²) >= 11 is 0. The molecule has 2 heterocycles. The van der Waals surface area contributed by atoms with Crippen LogP contribution in [0, 0.1) is 0 Å². The topological polar surface area (TPSA) is 27.8 Å². The number of hydrogen-bond acceptors (Lipinski definition) is 1. The molecule has 15 heavy (non-hydrogen) atoms. The Morgan fingerprint density at radius 1 is 1.13 bits per heavy atom. The standard InChI is InChI=1S/C13H14N2/c1-2-5-12-10(4-1)11-7-9-14-8-3-6-13(11)15-12/h1-6,14-15H,7-9H2/b6-3-. The fraction of sp³-hybridized carbons (Fsp3) is 0.231. The van der Waals surface area contributed by atoms with Crippen molar-refractivity contribution in [3.8, 4) is 0 Å². The van der Waals surface area contributed by atoms with Gasteiger partial charge in [-0.05, 0) is 30.7 Å². The van der Waals surface area contributed by atoms with Crippen molar-refractivity contribution in [1.29, 1.82) is 0 Å². The molecule has 1 aliphatic heterocycles. The Hall–Kier alpha value is -1.54. The number of rotatable bonds is 0. The maximum Gasteiger partial charge on any atom is 0.0461 e. The third-order valence-corrected chi connectivity index (χ3v) is 2.95. The number of benzene rings is 1. The predicted octanol–water partition coefficient (Wildman–Crippen LogP) is 2.33. The van der Waals surface area contributed by atoms with E-state index in [1.54, 1.807) is 0 Å². The van der Waals surface area contributed by atoms with Crippen LogP contribution in [-0.2, 0) is 6.42 Å². The Labute approximate surface area is 89.0 Å². The lowest BCUT2D eigenvalue weighted by Crippen LogP contribution is -2.18. The first-order chi connectivity index (χ1) is 7.45. The number of aromatic amines is 1. The molecule has 0 amide bonds. The van der Waals surface area contributed by atoms with Crippen LogP contribution in [0.2, 0.25) is 0 Å². The Balaban J connectivity index is 2.24. The van der Waals surface area contributed by atoms with Gasteiger partial charge in [0.2, 0.25) is 0 Å². The largest absolute Gasteiger partial charge is 0.355 e. The predicted molar refractivity (Wildman–Crippen MR) is 63.9 cm³/mol. The normalized spacial score (nSPS) is 18.1. The molecule has 1 aromatic heterocycles. The van der Waals surface area contributed by atoms with E-state index in [1.807, 2.05) is 0 Å². The van der Waals surface area contributed by atoms with Crippen LogP contribution in [0.25, 0.3) is 17.0 Å². The first kappa shape index (κ1) is 8.74. The van der Waals surface area contributed by atoms with Crippen LogP contribution in [0.3, 0.4) is 0 Å². The van der Waals surface area contributed by atoms with Gasteiger partial charge in [-0.15, -0.1) is 0 Å². The highest BCUT2D eigenvalue weighted by molar-refractivity contribution is 5.87. The van der Waals surface area contributed by atoms with Gasteiger partial charge in [-0.3, -0.25) is 0 Å². The average Bonchev–Trinajstić information content (AvgIpc) is 2.55. The van der Waals surface area contributed by atoms with Gasteiger partial charge in [-0.1, -0.05) is 24.3 Å². The van der Waals surface area contributed by atoms with Gasteiger partial charge in [0.15, 0.2) is 0 Å². The average molecular weight is 198 g/mol. The number of nitrogens with one attached hydrogen (secondary N) is 2. The van der Waals surface area contributed by atoms with E-state index in [0.717, 1.165) is 19.5 Å². The first-order valence-electron chi connectivity index (χ1n) is 5.42. The molecule has 0 aliphatic carbocycles. The highest BCUT2D eigenvalue weighted by Crippen LogP contribution is 2.24. The molecule has 0 fully saturated rings. The van der Waals surface area contributed by atoms with Crippen molar-refractivity contribution >= 4 is 17.0 Å². The number of aromatic nitrogens is 1. The van der Waals surface area contributed by atoms with Crippen LogP contribution in [0.15, 0.2) is 30.3 Å². The van der Waals surface area contributed by atoms with Gasteiger partial charge in [0.25, 0.3) is 0 Å². The zero-order chi connectivity index (χ0) is 10.1. The van der Waals surface area contributed by atoms with Gasteiger partial charge in [-0.25, -0.2) is 0 Å². The maximum absolute atomic E-state index is 3.47. The van der Waals surface area contributed by atoms with E-state index in [2.05, 4.69) is 46.7 Å². The third-order valence-electron chi connectivity index (χ3n) is 2.95. The zero-order valence-electron chi connectivity index (χ0n) is 8.59. The van der Waals surface area contributed by atoms with E-state index in [9.17, 15) is 0 Å². The summed E-state index contributed by atoms with van der Waals surface area (Å²) in [5, 5.41) is 4.74. The van der Waals surface area contributed by atoms with E-state index >= 15 is 0 Å². The van der Waals surface area contributed by atoms with Crippen LogP contribution in [0.4, 0.5) is 0 Å². The molecule has 2 nitrogen and oxygen atoms in total. The lowest BCUT2D eigenvalue weighted by molar-refractivity contribution is 0.743. The van der Waals surface area contributed by atoms with Crippen molar-refractivity contribution in [3.63, 3.8) is 0 Å². The molecule has 2 N–H and O–H groups in total. The number of H-pyrrole nitrogens is 1. The number of hydrogen-bond donors (Lipinski definition) is 2. The molecule has 0 unspecified atom stereocenters. The molecule has 1 aliphatic rings. The molecule has 0 bridgehead atoms. The van der Waals surface area contributed by atoms with Crippen LogP contribution >= 0.6 is 0 Å². The lowest BCUT2D eigenvalue weighted by atomic mass is 10.1. The summed E-state index contributed by atoms with van der Waals surface area (Å²) in [6.07, 6.45) is 5.46. The SMILES string of the molecule is C1=C\c2[nH]c3ccccc3c2CCNC/1. The van der Waals surface area contributed by atoms with Gasteiger partial charge in [0.1, 0.15) is 0 Å². The van der Waals surface area contributed by atoms with Crippen molar-refractivity contribution in [3.05, 3.63) is 41.6 Å². The molecule has 2 aromatic rings. The van der Waals surface area contributed by atoms with Crippen molar-refractivity contribution < 1.29 is 0 Å². The second-order valence-corrected chi connectivity index (χ2v) is 3.92. The molecule has 0 saturated heterocycles. The minimum Gasteiger partial charge on any atom is -0.355 e. The molecule has 1 aromatic carbocycles. The fourth-order valence-electron chi connectivity index (χ4n) is 2.21. The monoisotopic (exact) mass is 198 g/mol. The molecule has 3 rings (SSSR count). The minimum absolute atomic E-state index is 0.967. The summed E-state index contributed by atoms with van der Waals surface area (Å²) in [6.45, 7) is 2.02. The van der Waals surface area contributed by atoms with Crippen molar-refractivity contribution in [1.82, 2.24) is 10.3 Å². The minimum atomic E-state index is 0.967. The summed E-state index contributed by atoms with van der Waals surface area (Å²) in [5.41, 5.74) is 3.96. The Kier molecular flexibility index (Phi) is 2.07. The Morgan fingerprint density at radius 3 is 3.07 bits per heavy atom. The quantitative estimate of drug-likeness (QED) is 0.668. The van der Waals surface area contributed by atoms with Crippen LogP contribution in [0.1, 0.15) is 11.3 Å². The highest BCUT2D eigenvalue weighted by atomic mass is 14.8. The molecule has 76 valence electrons. The molecular weight excluding hydrogens is 184 g/mol. The molecular formula is C13H14N2. The Morgan fingerprint density at radius 2 is 2.07 bits per heavy atom. The molecule has 0 radical (unpaired) electrons. The molecule has 0 atom stereocenters. The van der Waals surface area contributed by atoms with E-state index in [4.69, 9.17) is 0 Å².